The van der Waals surface area contributed by atoms with Gasteiger partial charge in [-0.25, -0.2) is 0 Å². The lowest BCUT2D eigenvalue weighted by Gasteiger charge is -2.15. The van der Waals surface area contributed by atoms with E-state index in [2.05, 4.69) is 6.08 Å². The molecular weight excluding hydrogens is 134 g/mol. The molecule has 0 saturated carbocycles. The van der Waals surface area contributed by atoms with Crippen molar-refractivity contribution >= 4 is 11.6 Å². The fourth-order valence-corrected chi connectivity index (χ4v) is 1.40. The molecule has 0 fully saturated rings. The van der Waals surface area contributed by atoms with E-state index in [1.807, 2.05) is 0 Å². The van der Waals surface area contributed by atoms with Crippen molar-refractivity contribution < 1.29 is 0 Å². The van der Waals surface area contributed by atoms with Crippen molar-refractivity contribution in [3.63, 3.8) is 0 Å². The molecule has 0 aromatic heterocycles. The van der Waals surface area contributed by atoms with E-state index in [9.17, 15) is 0 Å². The van der Waals surface area contributed by atoms with Gasteiger partial charge in [-0.1, -0.05) is 6.08 Å². The van der Waals surface area contributed by atoms with Crippen LogP contribution in [-0.4, -0.2) is 5.88 Å². The smallest absolute Gasteiger partial charge is 0.0287 e. The molecule has 0 aromatic carbocycles. The van der Waals surface area contributed by atoms with E-state index < -0.39 is 0 Å². The molecule has 0 bridgehead atoms. The first kappa shape index (κ1) is 6.94. The van der Waals surface area contributed by atoms with Crippen LogP contribution in [0, 0.1) is 5.92 Å². The monoisotopic (exact) mass is 145 g/mol. The van der Waals surface area contributed by atoms with Crippen LogP contribution >= 0.6 is 11.6 Å². The Labute approximate surface area is 60.9 Å². The first-order chi connectivity index (χ1) is 4.33. The van der Waals surface area contributed by atoms with Crippen LogP contribution in [0.25, 0.3) is 0 Å². The Bertz CT molecular complexity index is 120. The molecule has 0 heterocycles. The van der Waals surface area contributed by atoms with E-state index in [0.29, 0.717) is 5.92 Å². The molecule has 1 atom stereocenters. The van der Waals surface area contributed by atoms with Crippen molar-refractivity contribution in [2.45, 2.75) is 19.3 Å². The summed E-state index contributed by atoms with van der Waals surface area (Å²) in [6, 6.07) is 0. The number of rotatable bonds is 1. The molecule has 1 rings (SSSR count). The zero-order valence-electron chi connectivity index (χ0n) is 5.44. The molecule has 0 aromatic rings. The molecule has 0 amide bonds. The van der Waals surface area contributed by atoms with Crippen LogP contribution in [0.15, 0.2) is 11.8 Å². The normalized spacial score (nSPS) is 27.7. The summed E-state index contributed by atoms with van der Waals surface area (Å²) in [5.41, 5.74) is 6.62. The molecule has 1 nitrogen and oxygen atoms in total. The van der Waals surface area contributed by atoms with E-state index in [4.69, 9.17) is 17.3 Å². The number of hydrogen-bond donors (Lipinski definition) is 1. The van der Waals surface area contributed by atoms with Crippen molar-refractivity contribution in [3.05, 3.63) is 11.8 Å². The highest BCUT2D eigenvalue weighted by atomic mass is 35.5. The summed E-state index contributed by atoms with van der Waals surface area (Å²) in [4.78, 5) is 0. The first-order valence-corrected chi connectivity index (χ1v) is 3.88. The summed E-state index contributed by atoms with van der Waals surface area (Å²) in [7, 11) is 0. The van der Waals surface area contributed by atoms with Crippen LogP contribution in [0.2, 0.25) is 0 Å². The summed E-state index contributed by atoms with van der Waals surface area (Å²) in [6.07, 6.45) is 5.58. The quantitative estimate of drug-likeness (QED) is 0.561. The fraction of sp³-hybridized carbons (Fsp3) is 0.714. The second-order valence-corrected chi connectivity index (χ2v) is 2.86. The van der Waals surface area contributed by atoms with Crippen molar-refractivity contribution in [1.29, 1.82) is 0 Å². The third kappa shape index (κ3) is 1.90. The Hall–Kier alpha value is -0.170. The molecule has 52 valence electrons. The number of hydrogen-bond acceptors (Lipinski definition) is 1. The lowest BCUT2D eigenvalue weighted by Crippen LogP contribution is -2.10. The Balaban J connectivity index is 2.47. The van der Waals surface area contributed by atoms with Crippen molar-refractivity contribution in [3.8, 4) is 0 Å². The number of allylic oxidation sites excluding steroid dienone is 2. The summed E-state index contributed by atoms with van der Waals surface area (Å²) < 4.78 is 0. The number of halogens is 1. The van der Waals surface area contributed by atoms with Crippen molar-refractivity contribution in [2.75, 3.05) is 5.88 Å². The Morgan fingerprint density at radius 1 is 1.78 bits per heavy atom. The topological polar surface area (TPSA) is 26.0 Å². The molecule has 0 saturated heterocycles. The highest BCUT2D eigenvalue weighted by Gasteiger charge is 2.09. The van der Waals surface area contributed by atoms with Crippen LogP contribution in [0.4, 0.5) is 0 Å². The van der Waals surface area contributed by atoms with Gasteiger partial charge in [-0.2, -0.15) is 0 Å². The minimum atomic E-state index is 0.542. The number of nitrogens with two attached hydrogens (primary N) is 1. The van der Waals surface area contributed by atoms with Gasteiger partial charge in [0.25, 0.3) is 0 Å². The SMILES string of the molecule is NC1=CC(CCl)CCC1. The molecular formula is C7H12ClN. The van der Waals surface area contributed by atoms with Gasteiger partial charge in [-0.15, -0.1) is 11.6 Å². The largest absolute Gasteiger partial charge is 0.402 e. The van der Waals surface area contributed by atoms with Crippen LogP contribution in [0.1, 0.15) is 19.3 Å². The van der Waals surface area contributed by atoms with Gasteiger partial charge < -0.3 is 5.73 Å². The lowest BCUT2D eigenvalue weighted by molar-refractivity contribution is 0.570. The minimum absolute atomic E-state index is 0.542. The molecule has 1 unspecified atom stereocenters. The minimum Gasteiger partial charge on any atom is -0.402 e. The molecule has 9 heavy (non-hydrogen) atoms. The van der Waals surface area contributed by atoms with E-state index in [-0.39, 0.29) is 0 Å². The maximum Gasteiger partial charge on any atom is 0.0287 e. The molecule has 0 aliphatic heterocycles. The van der Waals surface area contributed by atoms with E-state index >= 15 is 0 Å². The van der Waals surface area contributed by atoms with Crippen molar-refractivity contribution in [2.24, 2.45) is 11.7 Å². The van der Waals surface area contributed by atoms with Gasteiger partial charge in [0.05, 0.1) is 0 Å². The Kier molecular flexibility index (Phi) is 2.40. The van der Waals surface area contributed by atoms with Gasteiger partial charge in [0.15, 0.2) is 0 Å². The summed E-state index contributed by atoms with van der Waals surface area (Å²) in [6.45, 7) is 0. The summed E-state index contributed by atoms with van der Waals surface area (Å²) in [5.74, 6) is 1.26. The highest BCUT2D eigenvalue weighted by Crippen LogP contribution is 2.20. The molecule has 0 radical (unpaired) electrons. The average molecular weight is 146 g/mol. The van der Waals surface area contributed by atoms with Gasteiger partial charge in [0, 0.05) is 11.6 Å². The first-order valence-electron chi connectivity index (χ1n) is 3.35. The second-order valence-electron chi connectivity index (χ2n) is 2.55. The maximum atomic E-state index is 5.65. The number of alkyl halides is 1. The van der Waals surface area contributed by atoms with Gasteiger partial charge in [-0.05, 0) is 25.2 Å². The summed E-state index contributed by atoms with van der Waals surface area (Å²) in [5, 5.41) is 0. The molecule has 0 spiro atoms. The molecule has 2 N–H and O–H groups in total. The van der Waals surface area contributed by atoms with Gasteiger partial charge in [-0.3, -0.25) is 0 Å². The molecule has 1 aliphatic rings. The van der Waals surface area contributed by atoms with E-state index in [1.54, 1.807) is 0 Å². The van der Waals surface area contributed by atoms with Crippen LogP contribution < -0.4 is 5.73 Å². The predicted octanol–water partition coefficient (Wildman–Crippen LogP) is 1.87. The van der Waals surface area contributed by atoms with E-state index in [0.717, 1.165) is 18.0 Å². The predicted molar refractivity (Wildman–Crippen MR) is 40.3 cm³/mol. The van der Waals surface area contributed by atoms with Crippen LogP contribution in [0.3, 0.4) is 0 Å². The Morgan fingerprint density at radius 2 is 2.56 bits per heavy atom. The van der Waals surface area contributed by atoms with Crippen molar-refractivity contribution in [1.82, 2.24) is 0 Å². The molecule has 1 aliphatic carbocycles. The van der Waals surface area contributed by atoms with Gasteiger partial charge in [0.1, 0.15) is 0 Å². The zero-order chi connectivity index (χ0) is 6.69. The second kappa shape index (κ2) is 3.11. The third-order valence-corrected chi connectivity index (χ3v) is 2.08. The van der Waals surface area contributed by atoms with Gasteiger partial charge in [0.2, 0.25) is 0 Å². The highest BCUT2D eigenvalue weighted by molar-refractivity contribution is 6.18. The summed E-state index contributed by atoms with van der Waals surface area (Å²) >= 11 is 5.65. The maximum absolute atomic E-state index is 5.65. The van der Waals surface area contributed by atoms with Gasteiger partial charge >= 0.3 is 0 Å². The van der Waals surface area contributed by atoms with Crippen LogP contribution in [-0.2, 0) is 0 Å². The molecule has 2 heteroatoms. The van der Waals surface area contributed by atoms with Crippen LogP contribution in [0.5, 0.6) is 0 Å². The average Bonchev–Trinajstić information content (AvgIpc) is 1.88. The van der Waals surface area contributed by atoms with E-state index in [1.165, 1.54) is 12.8 Å². The third-order valence-electron chi connectivity index (χ3n) is 1.69. The Morgan fingerprint density at radius 3 is 3.00 bits per heavy atom. The standard InChI is InChI=1S/C7H12ClN/c8-5-6-2-1-3-7(9)4-6/h4,6H,1-3,5,9H2. The lowest BCUT2D eigenvalue weighted by atomic mass is 9.96. The fourth-order valence-electron chi connectivity index (χ4n) is 1.16. The zero-order valence-corrected chi connectivity index (χ0v) is 6.19.